The highest BCUT2D eigenvalue weighted by Crippen LogP contribution is 2.17. The summed E-state index contributed by atoms with van der Waals surface area (Å²) in [6, 6.07) is 6.86. The fraction of sp³-hybridized carbons (Fsp3) is 0.611. The molecule has 0 saturated heterocycles. The van der Waals surface area contributed by atoms with Crippen molar-refractivity contribution in [2.45, 2.75) is 47.6 Å². The molecule has 0 aliphatic carbocycles. The zero-order valence-corrected chi connectivity index (χ0v) is 16.1. The number of carbonyl (C=O) groups is 1. The first-order valence-corrected chi connectivity index (χ1v) is 9.99. The summed E-state index contributed by atoms with van der Waals surface area (Å²) in [7, 11) is -3.52. The summed E-state index contributed by atoms with van der Waals surface area (Å²) in [6.07, 6.45) is 0.530. The third kappa shape index (κ3) is 7.34. The van der Waals surface area contributed by atoms with Gasteiger partial charge >= 0.3 is 10.1 Å². The zero-order valence-electron chi connectivity index (χ0n) is 15.3. The van der Waals surface area contributed by atoms with Gasteiger partial charge in [-0.25, -0.2) is 0 Å². The van der Waals surface area contributed by atoms with Gasteiger partial charge in [-0.2, -0.15) is 8.42 Å². The summed E-state index contributed by atoms with van der Waals surface area (Å²) >= 11 is 0. The van der Waals surface area contributed by atoms with Gasteiger partial charge in [-0.1, -0.05) is 39.8 Å². The fourth-order valence-corrected chi connectivity index (χ4v) is 2.77. The van der Waals surface area contributed by atoms with Crippen LogP contribution >= 0.6 is 0 Å². The molecule has 136 valence electrons. The van der Waals surface area contributed by atoms with Crippen molar-refractivity contribution in [2.75, 3.05) is 12.3 Å². The topological polar surface area (TPSA) is 63.7 Å². The van der Waals surface area contributed by atoms with E-state index in [-0.39, 0.29) is 11.7 Å². The molecule has 0 aliphatic rings. The molecule has 1 aromatic rings. The van der Waals surface area contributed by atoms with E-state index in [0.29, 0.717) is 37.1 Å². The van der Waals surface area contributed by atoms with E-state index >= 15 is 0 Å². The van der Waals surface area contributed by atoms with Crippen LogP contribution in [0.25, 0.3) is 0 Å². The summed E-state index contributed by atoms with van der Waals surface area (Å²) in [5, 5.41) is 0. The molecule has 1 amide bonds. The summed E-state index contributed by atoms with van der Waals surface area (Å²) in [6.45, 7) is 11.0. The second-order valence-corrected chi connectivity index (χ2v) is 8.70. The number of carbonyl (C=O) groups excluding carboxylic acids is 1. The summed E-state index contributed by atoms with van der Waals surface area (Å²) < 4.78 is 27.9. The summed E-state index contributed by atoms with van der Waals surface area (Å²) in [5.41, 5.74) is 0.953. The van der Waals surface area contributed by atoms with E-state index in [1.165, 1.54) is 6.92 Å². The minimum Gasteiger partial charge on any atom is -0.382 e. The van der Waals surface area contributed by atoms with Crippen LogP contribution in [0.2, 0.25) is 0 Å². The highest BCUT2D eigenvalue weighted by molar-refractivity contribution is 7.87. The maximum absolute atomic E-state index is 12.4. The van der Waals surface area contributed by atoms with Crippen LogP contribution < -0.4 is 4.18 Å². The maximum atomic E-state index is 12.4. The van der Waals surface area contributed by atoms with Gasteiger partial charge in [-0.3, -0.25) is 4.79 Å². The van der Waals surface area contributed by atoms with E-state index in [4.69, 9.17) is 4.18 Å². The normalized spacial score (nSPS) is 11.8. The molecule has 0 N–H and O–H groups in total. The molecule has 0 heterocycles. The minimum atomic E-state index is -3.52. The smallest absolute Gasteiger partial charge is 0.308 e. The van der Waals surface area contributed by atoms with Gasteiger partial charge in [0.25, 0.3) is 0 Å². The predicted octanol–water partition coefficient (Wildman–Crippen LogP) is 3.45. The zero-order chi connectivity index (χ0) is 18.3. The predicted molar refractivity (Wildman–Crippen MR) is 96.2 cm³/mol. The van der Waals surface area contributed by atoms with Crippen molar-refractivity contribution in [1.82, 2.24) is 4.90 Å². The Hall–Kier alpha value is -1.56. The largest absolute Gasteiger partial charge is 0.382 e. The molecular weight excluding hydrogens is 326 g/mol. The highest BCUT2D eigenvalue weighted by atomic mass is 32.2. The molecule has 0 unspecified atom stereocenters. The van der Waals surface area contributed by atoms with E-state index < -0.39 is 10.1 Å². The summed E-state index contributed by atoms with van der Waals surface area (Å²) in [4.78, 5) is 14.3. The standard InChI is InChI=1S/C18H29NO4S/c1-6-24(21,22)23-17-9-7-16(8-10-17)13-19(12-15(4)5)18(20)11-14(2)3/h7-10,14-15H,6,11-13H2,1-5H3. The molecule has 6 heteroatoms. The lowest BCUT2D eigenvalue weighted by Gasteiger charge is -2.25. The van der Waals surface area contributed by atoms with E-state index in [1.807, 2.05) is 18.7 Å². The number of nitrogens with zero attached hydrogens (tertiary/aromatic N) is 1. The minimum absolute atomic E-state index is 0.0688. The Labute approximate surface area is 146 Å². The Morgan fingerprint density at radius 3 is 2.12 bits per heavy atom. The Morgan fingerprint density at radius 2 is 1.67 bits per heavy atom. The van der Waals surface area contributed by atoms with Gasteiger partial charge in [0.1, 0.15) is 5.75 Å². The van der Waals surface area contributed by atoms with Crippen molar-refractivity contribution in [2.24, 2.45) is 11.8 Å². The number of hydrogen-bond donors (Lipinski definition) is 0. The highest BCUT2D eigenvalue weighted by Gasteiger charge is 2.17. The molecule has 0 spiro atoms. The second-order valence-electron chi connectivity index (χ2n) is 6.84. The quantitative estimate of drug-likeness (QED) is 0.637. The molecule has 1 aromatic carbocycles. The van der Waals surface area contributed by atoms with E-state index in [1.54, 1.807) is 24.3 Å². The van der Waals surface area contributed by atoms with Gasteiger partial charge < -0.3 is 9.08 Å². The molecule has 24 heavy (non-hydrogen) atoms. The van der Waals surface area contributed by atoms with E-state index in [2.05, 4.69) is 13.8 Å². The maximum Gasteiger partial charge on any atom is 0.308 e. The monoisotopic (exact) mass is 355 g/mol. The lowest BCUT2D eigenvalue weighted by molar-refractivity contribution is -0.133. The average molecular weight is 356 g/mol. The van der Waals surface area contributed by atoms with Gasteiger partial charge in [0, 0.05) is 19.5 Å². The van der Waals surface area contributed by atoms with Gasteiger partial charge in [0.15, 0.2) is 0 Å². The SMILES string of the molecule is CCS(=O)(=O)Oc1ccc(CN(CC(C)C)C(=O)CC(C)C)cc1. The number of benzene rings is 1. The third-order valence-electron chi connectivity index (χ3n) is 3.39. The first-order valence-electron chi connectivity index (χ1n) is 8.41. The van der Waals surface area contributed by atoms with Crippen LogP contribution in [-0.2, 0) is 21.5 Å². The first kappa shape index (κ1) is 20.5. The van der Waals surface area contributed by atoms with Crippen LogP contribution in [0.5, 0.6) is 5.75 Å². The van der Waals surface area contributed by atoms with Crippen LogP contribution in [0.15, 0.2) is 24.3 Å². The van der Waals surface area contributed by atoms with Crippen molar-refractivity contribution < 1.29 is 17.4 Å². The van der Waals surface area contributed by atoms with E-state index in [9.17, 15) is 13.2 Å². The number of hydrogen-bond acceptors (Lipinski definition) is 4. The van der Waals surface area contributed by atoms with Gasteiger partial charge in [0.2, 0.25) is 5.91 Å². The van der Waals surface area contributed by atoms with Crippen molar-refractivity contribution in [1.29, 1.82) is 0 Å². The third-order valence-corrected chi connectivity index (χ3v) is 4.55. The molecule has 0 saturated carbocycles. The molecule has 0 bridgehead atoms. The van der Waals surface area contributed by atoms with Crippen LogP contribution in [0.3, 0.4) is 0 Å². The van der Waals surface area contributed by atoms with E-state index in [0.717, 1.165) is 5.56 Å². The van der Waals surface area contributed by atoms with Crippen LogP contribution in [-0.4, -0.2) is 31.5 Å². The molecule has 0 aromatic heterocycles. The fourth-order valence-electron chi connectivity index (χ4n) is 2.25. The molecule has 0 radical (unpaired) electrons. The molecule has 1 rings (SSSR count). The average Bonchev–Trinajstić information content (AvgIpc) is 2.47. The van der Waals surface area contributed by atoms with Crippen molar-refractivity contribution >= 4 is 16.0 Å². The Bertz CT molecular complexity index is 621. The number of amides is 1. The van der Waals surface area contributed by atoms with Crippen molar-refractivity contribution in [3.05, 3.63) is 29.8 Å². The van der Waals surface area contributed by atoms with Gasteiger partial charge in [-0.05, 0) is 36.5 Å². The molecule has 0 aliphatic heterocycles. The van der Waals surface area contributed by atoms with Gasteiger partial charge in [0.05, 0.1) is 5.75 Å². The lowest BCUT2D eigenvalue weighted by atomic mass is 10.1. The first-order chi connectivity index (χ1) is 11.1. The van der Waals surface area contributed by atoms with Crippen LogP contribution in [0.4, 0.5) is 0 Å². The molecular formula is C18H29NO4S. The van der Waals surface area contributed by atoms with Crippen molar-refractivity contribution in [3.63, 3.8) is 0 Å². The molecule has 5 nitrogen and oxygen atoms in total. The second kappa shape index (κ2) is 9.06. The van der Waals surface area contributed by atoms with Crippen molar-refractivity contribution in [3.8, 4) is 5.75 Å². The number of rotatable bonds is 9. The molecule has 0 fully saturated rings. The summed E-state index contributed by atoms with van der Waals surface area (Å²) in [5.74, 6) is 1.08. The Morgan fingerprint density at radius 1 is 1.08 bits per heavy atom. The van der Waals surface area contributed by atoms with Crippen LogP contribution in [0, 0.1) is 11.8 Å². The molecule has 0 atom stereocenters. The van der Waals surface area contributed by atoms with Crippen LogP contribution in [0.1, 0.15) is 46.6 Å². The lowest BCUT2D eigenvalue weighted by Crippen LogP contribution is -2.34. The Balaban J connectivity index is 2.81. The van der Waals surface area contributed by atoms with Gasteiger partial charge in [-0.15, -0.1) is 0 Å². The Kier molecular flexibility index (Phi) is 7.73.